The number of halogens is 2. The highest BCUT2D eigenvalue weighted by Gasteiger charge is 2.34. The summed E-state index contributed by atoms with van der Waals surface area (Å²) in [5.74, 6) is -2.42. The molecule has 9 heteroatoms. The van der Waals surface area contributed by atoms with Crippen LogP contribution in [0.25, 0.3) is 6.08 Å². The highest BCUT2D eigenvalue weighted by Crippen LogP contribution is 2.24. The van der Waals surface area contributed by atoms with E-state index >= 15 is 0 Å². The Morgan fingerprint density at radius 1 is 1.12 bits per heavy atom. The molecule has 0 spiro atoms. The molecule has 2 amide bonds. The summed E-state index contributed by atoms with van der Waals surface area (Å²) in [6.07, 6.45) is 2.87. The van der Waals surface area contributed by atoms with Gasteiger partial charge in [0.2, 0.25) is 0 Å². The molecular formula is C23H15ClFN3O3S. The molecule has 0 bridgehead atoms. The number of carbonyl (C=O) groups excluding carboxylic acids is 3. The molecule has 1 saturated heterocycles. The summed E-state index contributed by atoms with van der Waals surface area (Å²) in [6, 6.07) is 13.6. The van der Waals surface area contributed by atoms with Gasteiger partial charge in [-0.3, -0.25) is 24.6 Å². The maximum atomic E-state index is 14.0. The second-order valence-electron chi connectivity index (χ2n) is 7.01. The Morgan fingerprint density at radius 2 is 1.81 bits per heavy atom. The lowest BCUT2D eigenvalue weighted by molar-refractivity contribution is -0.122. The monoisotopic (exact) mass is 467 g/mol. The zero-order valence-electron chi connectivity index (χ0n) is 16.6. The minimum atomic E-state index is -0.659. The zero-order valence-corrected chi connectivity index (χ0v) is 18.2. The molecule has 0 radical (unpaired) electrons. The Hall–Kier alpha value is -3.62. The first-order valence-corrected chi connectivity index (χ1v) is 10.2. The average Bonchev–Trinajstić information content (AvgIpc) is 3.12. The standard InChI is InChI=1S/C23H15ClFN3O3S/c1-27-12-13(20(29)17-4-2-3-5-19(17)25)10-16(27)11-18-21(30)26-23(32)28(22(18)31)15-8-6-14(24)7-9-15/h2-12H,1H3,(H,26,30,32)/b18-11+. The molecule has 2 aromatic carbocycles. The van der Waals surface area contributed by atoms with E-state index in [0.717, 1.165) is 0 Å². The van der Waals surface area contributed by atoms with E-state index in [1.807, 2.05) is 0 Å². The van der Waals surface area contributed by atoms with Crippen LogP contribution in [0.3, 0.4) is 0 Å². The number of nitrogens with one attached hydrogen (secondary N) is 1. The lowest BCUT2D eigenvalue weighted by Gasteiger charge is -2.28. The summed E-state index contributed by atoms with van der Waals surface area (Å²) < 4.78 is 15.6. The first-order valence-electron chi connectivity index (χ1n) is 9.39. The Labute approximate surface area is 192 Å². The molecule has 1 aromatic heterocycles. The number of benzene rings is 2. The predicted molar refractivity (Wildman–Crippen MR) is 123 cm³/mol. The number of amides is 2. The molecule has 0 aliphatic carbocycles. The van der Waals surface area contributed by atoms with Gasteiger partial charge < -0.3 is 4.57 Å². The summed E-state index contributed by atoms with van der Waals surface area (Å²) in [6.45, 7) is 0. The van der Waals surface area contributed by atoms with Gasteiger partial charge in [0.05, 0.1) is 11.3 Å². The van der Waals surface area contributed by atoms with Crippen LogP contribution in [0.5, 0.6) is 0 Å². The summed E-state index contributed by atoms with van der Waals surface area (Å²) in [5, 5.41) is 2.93. The molecule has 1 fully saturated rings. The molecule has 3 aromatic rings. The first-order chi connectivity index (χ1) is 15.3. The number of hydrogen-bond donors (Lipinski definition) is 1. The van der Waals surface area contributed by atoms with E-state index in [1.54, 1.807) is 41.9 Å². The zero-order chi connectivity index (χ0) is 23.0. The highest BCUT2D eigenvalue weighted by molar-refractivity contribution is 7.80. The van der Waals surface area contributed by atoms with Crippen molar-refractivity contribution in [1.29, 1.82) is 0 Å². The van der Waals surface area contributed by atoms with Crippen molar-refractivity contribution in [3.05, 3.63) is 94.0 Å². The second-order valence-corrected chi connectivity index (χ2v) is 7.83. The van der Waals surface area contributed by atoms with E-state index in [0.29, 0.717) is 16.4 Å². The Morgan fingerprint density at radius 3 is 2.50 bits per heavy atom. The third-order valence-electron chi connectivity index (χ3n) is 4.90. The lowest BCUT2D eigenvalue weighted by Crippen LogP contribution is -2.54. The molecule has 1 aliphatic rings. The fraction of sp³-hybridized carbons (Fsp3) is 0.0435. The fourth-order valence-corrected chi connectivity index (χ4v) is 3.69. The topological polar surface area (TPSA) is 71.4 Å². The van der Waals surface area contributed by atoms with Crippen molar-refractivity contribution in [3.63, 3.8) is 0 Å². The second kappa shape index (κ2) is 8.49. The van der Waals surface area contributed by atoms with Crippen molar-refractivity contribution in [2.45, 2.75) is 0 Å². The SMILES string of the molecule is Cn1cc(C(=O)c2ccccc2F)cc1/C=C1\C(=O)NC(=S)N(c2ccc(Cl)cc2)C1=O. The van der Waals surface area contributed by atoms with Gasteiger partial charge in [-0.1, -0.05) is 23.7 Å². The van der Waals surface area contributed by atoms with E-state index < -0.39 is 23.4 Å². The largest absolute Gasteiger partial charge is 0.350 e. The number of ketones is 1. The van der Waals surface area contributed by atoms with Crippen LogP contribution in [0.2, 0.25) is 5.02 Å². The van der Waals surface area contributed by atoms with Crippen LogP contribution < -0.4 is 10.2 Å². The quantitative estimate of drug-likeness (QED) is 0.273. The van der Waals surface area contributed by atoms with Crippen molar-refractivity contribution in [2.75, 3.05) is 4.90 Å². The molecule has 32 heavy (non-hydrogen) atoms. The van der Waals surface area contributed by atoms with E-state index in [9.17, 15) is 18.8 Å². The number of carbonyl (C=O) groups is 3. The Bertz CT molecular complexity index is 1310. The number of nitrogens with zero attached hydrogens (tertiary/aromatic N) is 2. The third kappa shape index (κ3) is 3.98. The maximum absolute atomic E-state index is 14.0. The number of anilines is 1. The molecule has 4 rings (SSSR count). The van der Waals surface area contributed by atoms with E-state index in [1.165, 1.54) is 41.4 Å². The van der Waals surface area contributed by atoms with Gasteiger partial charge in [0.25, 0.3) is 11.8 Å². The minimum absolute atomic E-state index is 0.0539. The van der Waals surface area contributed by atoms with E-state index in [2.05, 4.69) is 5.32 Å². The molecular weight excluding hydrogens is 453 g/mol. The fourth-order valence-electron chi connectivity index (χ4n) is 3.28. The maximum Gasteiger partial charge on any atom is 0.270 e. The van der Waals surface area contributed by atoms with Crippen LogP contribution in [0.4, 0.5) is 10.1 Å². The average molecular weight is 468 g/mol. The number of thiocarbonyl (C=S) groups is 1. The molecule has 0 unspecified atom stereocenters. The van der Waals surface area contributed by atoms with E-state index in [-0.39, 0.29) is 21.8 Å². The van der Waals surface area contributed by atoms with Gasteiger partial charge in [-0.2, -0.15) is 0 Å². The number of aryl methyl sites for hydroxylation is 1. The van der Waals surface area contributed by atoms with Crippen LogP contribution in [-0.4, -0.2) is 27.3 Å². The van der Waals surface area contributed by atoms with Crippen molar-refractivity contribution in [3.8, 4) is 0 Å². The Balaban J connectivity index is 1.70. The molecule has 0 saturated carbocycles. The number of hydrogen-bond acceptors (Lipinski definition) is 4. The van der Waals surface area contributed by atoms with E-state index in [4.69, 9.17) is 23.8 Å². The van der Waals surface area contributed by atoms with Crippen molar-refractivity contribution in [2.24, 2.45) is 7.05 Å². The van der Waals surface area contributed by atoms with Gasteiger partial charge in [-0.05, 0) is 60.8 Å². The molecule has 160 valence electrons. The summed E-state index contributed by atoms with van der Waals surface area (Å²) in [7, 11) is 1.65. The highest BCUT2D eigenvalue weighted by atomic mass is 35.5. The molecule has 0 atom stereocenters. The van der Waals surface area contributed by atoms with Gasteiger partial charge in [0.15, 0.2) is 10.9 Å². The van der Waals surface area contributed by atoms with Crippen molar-refractivity contribution in [1.82, 2.24) is 9.88 Å². The van der Waals surface area contributed by atoms with Gasteiger partial charge in [0, 0.05) is 29.5 Å². The molecule has 2 heterocycles. The first kappa shape index (κ1) is 21.6. The van der Waals surface area contributed by atoms with Crippen LogP contribution in [0.1, 0.15) is 21.6 Å². The smallest absolute Gasteiger partial charge is 0.270 e. The normalized spacial score (nSPS) is 15.3. The predicted octanol–water partition coefficient (Wildman–Crippen LogP) is 3.88. The molecule has 1 aliphatic heterocycles. The molecule has 6 nitrogen and oxygen atoms in total. The van der Waals surface area contributed by atoms with Gasteiger partial charge >= 0.3 is 0 Å². The van der Waals surface area contributed by atoms with Crippen LogP contribution in [-0.2, 0) is 16.6 Å². The van der Waals surface area contributed by atoms with Gasteiger partial charge in [-0.25, -0.2) is 4.39 Å². The van der Waals surface area contributed by atoms with Crippen LogP contribution >= 0.6 is 23.8 Å². The van der Waals surface area contributed by atoms with Crippen LogP contribution in [0, 0.1) is 5.82 Å². The van der Waals surface area contributed by atoms with Crippen molar-refractivity contribution < 1.29 is 18.8 Å². The Kier molecular flexibility index (Phi) is 5.73. The van der Waals surface area contributed by atoms with Gasteiger partial charge in [-0.15, -0.1) is 0 Å². The van der Waals surface area contributed by atoms with Crippen molar-refractivity contribution >= 4 is 58.3 Å². The summed E-state index contributed by atoms with van der Waals surface area (Å²) in [5.41, 5.74) is 0.838. The number of rotatable bonds is 4. The van der Waals surface area contributed by atoms with Crippen LogP contribution in [0.15, 0.2) is 66.4 Å². The number of aromatic nitrogens is 1. The minimum Gasteiger partial charge on any atom is -0.350 e. The summed E-state index contributed by atoms with van der Waals surface area (Å²) in [4.78, 5) is 39.5. The molecule has 1 N–H and O–H groups in total. The lowest BCUT2D eigenvalue weighted by atomic mass is 10.0. The third-order valence-corrected chi connectivity index (χ3v) is 5.44. The van der Waals surface area contributed by atoms with Gasteiger partial charge in [0.1, 0.15) is 11.4 Å². The summed E-state index contributed by atoms with van der Waals surface area (Å²) >= 11 is 11.1.